The summed E-state index contributed by atoms with van der Waals surface area (Å²) < 4.78 is 0. The van der Waals surface area contributed by atoms with Crippen LogP contribution in [0.4, 0.5) is 0 Å². The van der Waals surface area contributed by atoms with E-state index in [2.05, 4.69) is 34.5 Å². The van der Waals surface area contributed by atoms with Gasteiger partial charge in [-0.1, -0.05) is 24.3 Å². The second-order valence-electron chi connectivity index (χ2n) is 6.43. The van der Waals surface area contributed by atoms with Crippen LogP contribution in [0.3, 0.4) is 0 Å². The lowest BCUT2D eigenvalue weighted by atomic mass is 9.83. The summed E-state index contributed by atoms with van der Waals surface area (Å²) in [7, 11) is 0. The zero-order valence-electron chi connectivity index (χ0n) is 11.4. The van der Waals surface area contributed by atoms with E-state index >= 15 is 0 Å². The second-order valence-corrected chi connectivity index (χ2v) is 6.43. The van der Waals surface area contributed by atoms with Crippen molar-refractivity contribution in [2.24, 2.45) is 11.7 Å². The Balaban J connectivity index is 1.52. The Bertz CT molecular complexity index is 465. The molecule has 3 heteroatoms. The molecule has 3 aliphatic heterocycles. The van der Waals surface area contributed by atoms with Gasteiger partial charge in [0.05, 0.1) is 0 Å². The first-order valence-corrected chi connectivity index (χ1v) is 7.64. The van der Waals surface area contributed by atoms with E-state index in [0.29, 0.717) is 12.1 Å². The molecule has 0 spiro atoms. The number of hydrogen-bond acceptors (Lipinski definition) is 3. The Hall–Kier alpha value is -0.900. The van der Waals surface area contributed by atoms with Crippen molar-refractivity contribution in [2.75, 3.05) is 19.6 Å². The van der Waals surface area contributed by atoms with Gasteiger partial charge < -0.3 is 16.0 Å². The van der Waals surface area contributed by atoms with Gasteiger partial charge in [0.15, 0.2) is 0 Å². The molecule has 0 radical (unpaired) electrons. The Morgan fingerprint density at radius 1 is 1.11 bits per heavy atom. The van der Waals surface area contributed by atoms with E-state index in [9.17, 15) is 0 Å². The molecule has 3 fully saturated rings. The maximum atomic E-state index is 6.27. The third-order valence-corrected chi connectivity index (χ3v) is 5.33. The molecule has 5 rings (SSSR count). The van der Waals surface area contributed by atoms with Gasteiger partial charge >= 0.3 is 0 Å². The van der Waals surface area contributed by atoms with Crippen molar-refractivity contribution in [1.82, 2.24) is 10.2 Å². The number of hydrogen-bond donors (Lipinski definition) is 2. The summed E-state index contributed by atoms with van der Waals surface area (Å²) in [5, 5.41) is 3.91. The Morgan fingerprint density at radius 2 is 1.84 bits per heavy atom. The summed E-state index contributed by atoms with van der Waals surface area (Å²) in [5.41, 5.74) is 9.05. The molecule has 19 heavy (non-hydrogen) atoms. The van der Waals surface area contributed by atoms with Gasteiger partial charge in [0, 0.05) is 24.7 Å². The Labute approximate surface area is 115 Å². The zero-order chi connectivity index (χ0) is 12.8. The predicted octanol–water partition coefficient (Wildman–Crippen LogP) is 1.81. The third kappa shape index (κ3) is 2.00. The van der Waals surface area contributed by atoms with Gasteiger partial charge in [-0.25, -0.2) is 0 Å². The molecule has 1 aliphatic carbocycles. The minimum atomic E-state index is 0.217. The van der Waals surface area contributed by atoms with E-state index in [4.69, 9.17) is 5.73 Å². The quantitative estimate of drug-likeness (QED) is 0.849. The second kappa shape index (κ2) is 4.58. The van der Waals surface area contributed by atoms with E-state index in [1.165, 1.54) is 43.6 Å². The predicted molar refractivity (Wildman–Crippen MR) is 76.8 cm³/mol. The van der Waals surface area contributed by atoms with E-state index in [0.717, 1.165) is 12.3 Å². The summed E-state index contributed by atoms with van der Waals surface area (Å²) in [6, 6.07) is 10.1. The normalized spacial score (nSPS) is 40.4. The van der Waals surface area contributed by atoms with Crippen molar-refractivity contribution in [1.29, 1.82) is 0 Å². The van der Waals surface area contributed by atoms with Gasteiger partial charge in [0.1, 0.15) is 0 Å². The molecule has 1 aromatic carbocycles. The van der Waals surface area contributed by atoms with Crippen molar-refractivity contribution >= 4 is 0 Å². The number of piperidine rings is 3. The van der Waals surface area contributed by atoms with Gasteiger partial charge in [-0.2, -0.15) is 0 Å². The molecule has 1 aromatic rings. The molecular formula is C16H23N3. The van der Waals surface area contributed by atoms with Crippen LogP contribution in [0, 0.1) is 5.92 Å². The maximum absolute atomic E-state index is 6.27. The first kappa shape index (κ1) is 11.9. The van der Waals surface area contributed by atoms with Gasteiger partial charge in [0.2, 0.25) is 0 Å². The van der Waals surface area contributed by atoms with E-state index in [1.54, 1.807) is 0 Å². The zero-order valence-corrected chi connectivity index (χ0v) is 11.4. The molecular weight excluding hydrogens is 234 g/mol. The fourth-order valence-electron chi connectivity index (χ4n) is 4.24. The molecule has 0 saturated carbocycles. The molecule has 3 heterocycles. The standard InChI is InChI=1S/C16H23N3/c17-14-9-15(13-4-2-1-3-12(13)14)18-16-10-19-7-5-11(16)6-8-19/h1-4,11,14-16,18H,5-10,17H2. The molecule has 3 unspecified atom stereocenters. The molecule has 3 atom stereocenters. The number of rotatable bonds is 2. The molecule has 102 valence electrons. The Morgan fingerprint density at radius 3 is 2.53 bits per heavy atom. The highest BCUT2D eigenvalue weighted by molar-refractivity contribution is 5.37. The van der Waals surface area contributed by atoms with E-state index in [1.807, 2.05) is 0 Å². The van der Waals surface area contributed by atoms with Gasteiger partial charge in [-0.15, -0.1) is 0 Å². The topological polar surface area (TPSA) is 41.3 Å². The average Bonchev–Trinajstić information content (AvgIpc) is 2.78. The van der Waals surface area contributed by atoms with Crippen LogP contribution in [0.2, 0.25) is 0 Å². The summed E-state index contributed by atoms with van der Waals surface area (Å²) in [5.74, 6) is 0.883. The van der Waals surface area contributed by atoms with Crippen LogP contribution < -0.4 is 11.1 Å². The number of fused-ring (bicyclic) bond motifs is 4. The summed E-state index contributed by atoms with van der Waals surface area (Å²) in [6.45, 7) is 3.85. The molecule has 2 bridgehead atoms. The third-order valence-electron chi connectivity index (χ3n) is 5.33. The average molecular weight is 257 g/mol. The maximum Gasteiger partial charge on any atom is 0.0344 e. The monoisotopic (exact) mass is 257 g/mol. The lowest BCUT2D eigenvalue weighted by Crippen LogP contribution is -2.56. The summed E-state index contributed by atoms with van der Waals surface area (Å²) in [6.07, 6.45) is 3.80. The highest BCUT2D eigenvalue weighted by Gasteiger charge is 2.37. The summed E-state index contributed by atoms with van der Waals surface area (Å²) >= 11 is 0. The highest BCUT2D eigenvalue weighted by Crippen LogP contribution is 2.38. The van der Waals surface area contributed by atoms with Crippen LogP contribution >= 0.6 is 0 Å². The lowest BCUT2D eigenvalue weighted by molar-refractivity contribution is 0.0667. The first-order valence-electron chi connectivity index (χ1n) is 7.64. The van der Waals surface area contributed by atoms with Crippen LogP contribution in [0.15, 0.2) is 24.3 Å². The molecule has 3 saturated heterocycles. The largest absolute Gasteiger partial charge is 0.324 e. The lowest BCUT2D eigenvalue weighted by Gasteiger charge is -2.46. The van der Waals surface area contributed by atoms with Gasteiger partial charge in [-0.05, 0) is 49.4 Å². The SMILES string of the molecule is NC1CC(NC2CN3CCC2CC3)c2ccccc21. The number of benzene rings is 1. The van der Waals surface area contributed by atoms with E-state index in [-0.39, 0.29) is 6.04 Å². The fraction of sp³-hybridized carbons (Fsp3) is 0.625. The minimum Gasteiger partial charge on any atom is -0.324 e. The highest BCUT2D eigenvalue weighted by atomic mass is 15.2. The van der Waals surface area contributed by atoms with Crippen LogP contribution in [0.25, 0.3) is 0 Å². The van der Waals surface area contributed by atoms with Crippen molar-refractivity contribution in [2.45, 2.75) is 37.4 Å². The smallest absolute Gasteiger partial charge is 0.0344 e. The van der Waals surface area contributed by atoms with Crippen molar-refractivity contribution in [3.63, 3.8) is 0 Å². The van der Waals surface area contributed by atoms with Crippen molar-refractivity contribution in [3.05, 3.63) is 35.4 Å². The van der Waals surface area contributed by atoms with Gasteiger partial charge in [-0.3, -0.25) is 0 Å². The van der Waals surface area contributed by atoms with Crippen molar-refractivity contribution < 1.29 is 0 Å². The van der Waals surface area contributed by atoms with Crippen LogP contribution in [0.1, 0.15) is 42.5 Å². The van der Waals surface area contributed by atoms with E-state index < -0.39 is 0 Å². The number of nitrogens with two attached hydrogens (primary N) is 1. The first-order chi connectivity index (χ1) is 9.31. The summed E-state index contributed by atoms with van der Waals surface area (Å²) in [4.78, 5) is 2.61. The fourth-order valence-corrected chi connectivity index (χ4v) is 4.24. The number of nitrogens with zero attached hydrogens (tertiary/aromatic N) is 1. The Kier molecular flexibility index (Phi) is 2.87. The molecule has 3 N–H and O–H groups in total. The van der Waals surface area contributed by atoms with Crippen LogP contribution in [0.5, 0.6) is 0 Å². The van der Waals surface area contributed by atoms with Crippen LogP contribution in [-0.4, -0.2) is 30.6 Å². The number of nitrogens with one attached hydrogen (secondary N) is 1. The van der Waals surface area contributed by atoms with Crippen LogP contribution in [-0.2, 0) is 0 Å². The molecule has 0 aromatic heterocycles. The molecule has 4 aliphatic rings. The van der Waals surface area contributed by atoms with Crippen molar-refractivity contribution in [3.8, 4) is 0 Å². The van der Waals surface area contributed by atoms with Gasteiger partial charge in [0.25, 0.3) is 0 Å². The molecule has 0 amide bonds. The minimum absolute atomic E-state index is 0.217. The molecule has 3 nitrogen and oxygen atoms in total.